The van der Waals surface area contributed by atoms with Crippen molar-refractivity contribution in [3.63, 3.8) is 0 Å². The topological polar surface area (TPSA) is 93.1 Å². The number of ether oxygens (including phenoxy) is 2. The highest BCUT2D eigenvalue weighted by Crippen LogP contribution is 2.32. The fourth-order valence-electron chi connectivity index (χ4n) is 1.86. The van der Waals surface area contributed by atoms with Crippen LogP contribution in [0.4, 0.5) is 0 Å². The van der Waals surface area contributed by atoms with Gasteiger partial charge in [-0.05, 0) is 17.7 Å². The smallest absolute Gasteiger partial charge is 0.296 e. The van der Waals surface area contributed by atoms with Crippen molar-refractivity contribution in [1.82, 2.24) is 0 Å². The summed E-state index contributed by atoms with van der Waals surface area (Å²) in [6.07, 6.45) is 0. The monoisotopic (exact) mass is 324 g/mol. The van der Waals surface area contributed by atoms with Crippen molar-refractivity contribution in [2.75, 3.05) is 7.11 Å². The van der Waals surface area contributed by atoms with Crippen molar-refractivity contribution < 1.29 is 27.6 Å². The molecule has 0 saturated carbocycles. The third-order valence-electron chi connectivity index (χ3n) is 2.99. The molecule has 118 valence electrons. The summed E-state index contributed by atoms with van der Waals surface area (Å²) >= 11 is 0. The van der Waals surface area contributed by atoms with Crippen molar-refractivity contribution >= 4 is 10.1 Å². The number of rotatable bonds is 6. The van der Waals surface area contributed by atoms with E-state index in [1.165, 1.54) is 25.3 Å². The second-order valence-corrected chi connectivity index (χ2v) is 6.03. The Balaban J connectivity index is 2.19. The van der Waals surface area contributed by atoms with Crippen LogP contribution in [-0.4, -0.2) is 25.2 Å². The number of aliphatic hydroxyl groups excluding tert-OH is 1. The van der Waals surface area contributed by atoms with Crippen LogP contribution in [-0.2, 0) is 16.7 Å². The van der Waals surface area contributed by atoms with E-state index in [1.807, 2.05) is 30.3 Å². The highest BCUT2D eigenvalue weighted by Gasteiger charge is 2.23. The van der Waals surface area contributed by atoms with Gasteiger partial charge in [0, 0.05) is 5.56 Å². The van der Waals surface area contributed by atoms with E-state index >= 15 is 0 Å². The summed E-state index contributed by atoms with van der Waals surface area (Å²) < 4.78 is 41.5. The Morgan fingerprint density at radius 1 is 1.09 bits per heavy atom. The molecule has 0 bridgehead atoms. The molecule has 2 aromatic rings. The number of hydrogen-bond acceptors (Lipinski definition) is 5. The van der Waals surface area contributed by atoms with E-state index in [4.69, 9.17) is 14.0 Å². The average Bonchev–Trinajstić information content (AvgIpc) is 2.52. The predicted octanol–water partition coefficient (Wildman–Crippen LogP) is 2.15. The summed E-state index contributed by atoms with van der Waals surface area (Å²) in [6, 6.07) is 13.6. The van der Waals surface area contributed by atoms with E-state index in [2.05, 4.69) is 0 Å². The van der Waals surface area contributed by atoms with Crippen LogP contribution >= 0.6 is 0 Å². The van der Waals surface area contributed by atoms with E-state index < -0.39 is 15.6 Å². The maximum Gasteiger partial charge on any atom is 0.296 e. The van der Waals surface area contributed by atoms with Gasteiger partial charge in [-0.1, -0.05) is 36.4 Å². The zero-order valence-corrected chi connectivity index (χ0v) is 12.7. The highest BCUT2D eigenvalue weighted by molar-refractivity contribution is 7.85. The molecule has 2 aromatic carbocycles. The molecule has 2 N–H and O–H groups in total. The first-order valence-corrected chi connectivity index (χ1v) is 7.91. The minimum Gasteiger partial charge on any atom is -0.493 e. The minimum absolute atomic E-state index is 0.00795. The van der Waals surface area contributed by atoms with Crippen molar-refractivity contribution in [2.45, 2.75) is 12.0 Å². The molecule has 22 heavy (non-hydrogen) atoms. The molecule has 1 unspecified atom stereocenters. The number of benzene rings is 2. The van der Waals surface area contributed by atoms with Crippen LogP contribution in [0.5, 0.6) is 11.5 Å². The summed E-state index contributed by atoms with van der Waals surface area (Å²) in [5.74, 6) is 0.661. The summed E-state index contributed by atoms with van der Waals surface area (Å²) in [6.45, 7) is 0.317. The zero-order chi connectivity index (χ0) is 16.2. The van der Waals surface area contributed by atoms with Gasteiger partial charge in [0.05, 0.1) is 7.11 Å². The van der Waals surface area contributed by atoms with Gasteiger partial charge in [-0.15, -0.1) is 0 Å². The molecular formula is C15H16O6S. The number of hydrogen-bond donors (Lipinski definition) is 2. The molecule has 0 aliphatic rings. The second-order valence-electron chi connectivity index (χ2n) is 4.55. The van der Waals surface area contributed by atoms with E-state index in [0.717, 1.165) is 5.56 Å². The molecule has 1 atom stereocenters. The average molecular weight is 324 g/mol. The Kier molecular flexibility index (Phi) is 5.02. The van der Waals surface area contributed by atoms with Crippen LogP contribution in [0, 0.1) is 0 Å². The van der Waals surface area contributed by atoms with Gasteiger partial charge in [0.1, 0.15) is 6.61 Å². The number of aliphatic hydroxyl groups is 1. The van der Waals surface area contributed by atoms with Crippen molar-refractivity contribution in [3.8, 4) is 11.5 Å². The Hall–Kier alpha value is -2.09. The fourth-order valence-corrected chi connectivity index (χ4v) is 2.35. The molecule has 0 aromatic heterocycles. The Morgan fingerprint density at radius 3 is 2.36 bits per heavy atom. The Morgan fingerprint density at radius 2 is 1.77 bits per heavy atom. The van der Waals surface area contributed by atoms with E-state index in [-0.39, 0.29) is 11.3 Å². The van der Waals surface area contributed by atoms with Crippen molar-refractivity contribution in [2.24, 2.45) is 0 Å². The standard InChI is InChI=1S/C15H16O6S/c1-20-14-9-12(15(16)22(17,18)19)7-8-13(14)21-10-11-5-3-2-4-6-11/h2-9,15-16H,10H2,1H3,(H,17,18,19). The zero-order valence-electron chi connectivity index (χ0n) is 11.8. The lowest BCUT2D eigenvalue weighted by Crippen LogP contribution is -2.11. The first kappa shape index (κ1) is 16.3. The molecule has 2 rings (SSSR count). The van der Waals surface area contributed by atoms with E-state index in [9.17, 15) is 13.5 Å². The van der Waals surface area contributed by atoms with Gasteiger partial charge in [-0.25, -0.2) is 0 Å². The van der Waals surface area contributed by atoms with Crippen LogP contribution in [0.25, 0.3) is 0 Å². The first-order valence-electron chi connectivity index (χ1n) is 6.41. The fraction of sp³-hybridized carbons (Fsp3) is 0.200. The molecule has 0 aliphatic carbocycles. The molecule has 0 fully saturated rings. The van der Waals surface area contributed by atoms with Crippen LogP contribution in [0.2, 0.25) is 0 Å². The minimum atomic E-state index is -4.59. The molecular weight excluding hydrogens is 308 g/mol. The van der Waals surface area contributed by atoms with Crippen LogP contribution in [0.15, 0.2) is 48.5 Å². The maximum absolute atomic E-state index is 11.0. The van der Waals surface area contributed by atoms with Gasteiger partial charge in [0.25, 0.3) is 10.1 Å². The van der Waals surface area contributed by atoms with Gasteiger partial charge < -0.3 is 14.6 Å². The number of methoxy groups -OCH3 is 1. The quantitative estimate of drug-likeness (QED) is 0.791. The van der Waals surface area contributed by atoms with E-state index in [0.29, 0.717) is 12.4 Å². The van der Waals surface area contributed by atoms with Gasteiger partial charge in [0.15, 0.2) is 11.5 Å². The maximum atomic E-state index is 11.0. The van der Waals surface area contributed by atoms with E-state index in [1.54, 1.807) is 0 Å². The Labute approximate surface area is 128 Å². The van der Waals surface area contributed by atoms with Crippen molar-refractivity contribution in [3.05, 3.63) is 59.7 Å². The molecule has 0 saturated heterocycles. The molecule has 6 nitrogen and oxygen atoms in total. The molecule has 0 heterocycles. The van der Waals surface area contributed by atoms with Gasteiger partial charge in [-0.3, -0.25) is 4.55 Å². The summed E-state index contributed by atoms with van der Waals surface area (Å²) in [7, 11) is -3.19. The summed E-state index contributed by atoms with van der Waals surface area (Å²) in [5, 5.41) is 9.54. The lowest BCUT2D eigenvalue weighted by Gasteiger charge is -2.14. The van der Waals surface area contributed by atoms with Crippen LogP contribution in [0.1, 0.15) is 16.6 Å². The van der Waals surface area contributed by atoms with Gasteiger partial charge in [0.2, 0.25) is 5.44 Å². The van der Waals surface area contributed by atoms with Crippen LogP contribution < -0.4 is 9.47 Å². The Bertz CT molecular complexity index is 727. The molecule has 0 amide bonds. The second kappa shape index (κ2) is 6.78. The predicted molar refractivity (Wildman–Crippen MR) is 80.3 cm³/mol. The SMILES string of the molecule is COc1cc(C(O)S(=O)(=O)O)ccc1OCc1ccccc1. The van der Waals surface area contributed by atoms with Gasteiger partial charge >= 0.3 is 0 Å². The molecule has 0 aliphatic heterocycles. The molecule has 7 heteroatoms. The third-order valence-corrected chi connectivity index (χ3v) is 3.83. The van der Waals surface area contributed by atoms with Crippen LogP contribution in [0.3, 0.4) is 0 Å². The summed E-state index contributed by atoms with van der Waals surface area (Å²) in [4.78, 5) is 0. The summed E-state index contributed by atoms with van der Waals surface area (Å²) in [5.41, 5.74) is -1.07. The highest BCUT2D eigenvalue weighted by atomic mass is 32.2. The largest absolute Gasteiger partial charge is 0.493 e. The van der Waals surface area contributed by atoms with Crippen molar-refractivity contribution in [1.29, 1.82) is 0 Å². The van der Waals surface area contributed by atoms with Gasteiger partial charge in [-0.2, -0.15) is 8.42 Å². The lowest BCUT2D eigenvalue weighted by atomic mass is 10.2. The molecule has 0 radical (unpaired) electrons. The molecule has 0 spiro atoms. The normalized spacial score (nSPS) is 12.7. The third kappa shape index (κ3) is 3.97. The lowest BCUT2D eigenvalue weighted by molar-refractivity contribution is 0.237. The first-order chi connectivity index (χ1) is 10.4.